The SMILES string of the molecule is CC(C)CC(=O)N1CCN(c2ccc(C(C)C)cc2)C(=O)[C@H]1C. The predicted octanol–water partition coefficient (Wildman–Crippen LogP) is 3.42. The van der Waals surface area contributed by atoms with Gasteiger partial charge in [0.15, 0.2) is 0 Å². The molecule has 0 spiro atoms. The van der Waals surface area contributed by atoms with Crippen molar-refractivity contribution in [1.29, 1.82) is 0 Å². The molecule has 1 aliphatic rings. The second kappa shape index (κ2) is 7.16. The maximum absolute atomic E-state index is 12.7. The molecular formula is C19H28N2O2. The predicted molar refractivity (Wildman–Crippen MR) is 93.5 cm³/mol. The lowest BCUT2D eigenvalue weighted by molar-refractivity contribution is -0.141. The minimum Gasteiger partial charge on any atom is -0.329 e. The van der Waals surface area contributed by atoms with Gasteiger partial charge in [-0.1, -0.05) is 39.8 Å². The Balaban J connectivity index is 2.10. The highest BCUT2D eigenvalue weighted by molar-refractivity contribution is 6.00. The molecule has 23 heavy (non-hydrogen) atoms. The van der Waals surface area contributed by atoms with Gasteiger partial charge >= 0.3 is 0 Å². The third-order valence-electron chi connectivity index (χ3n) is 4.43. The molecule has 4 nitrogen and oxygen atoms in total. The third kappa shape index (κ3) is 3.92. The lowest BCUT2D eigenvalue weighted by Gasteiger charge is -2.39. The van der Waals surface area contributed by atoms with E-state index >= 15 is 0 Å². The van der Waals surface area contributed by atoms with E-state index in [9.17, 15) is 9.59 Å². The van der Waals surface area contributed by atoms with Crippen molar-refractivity contribution in [2.45, 2.75) is 53.0 Å². The summed E-state index contributed by atoms with van der Waals surface area (Å²) in [6, 6.07) is 7.78. The average molecular weight is 316 g/mol. The summed E-state index contributed by atoms with van der Waals surface area (Å²) in [5.41, 5.74) is 2.18. The standard InChI is InChI=1S/C19H28N2O2/c1-13(2)12-18(22)20-10-11-21(19(23)15(20)5)17-8-6-16(7-9-17)14(3)4/h6-9,13-15H,10-12H2,1-5H3/t15-/m1/s1. The maximum Gasteiger partial charge on any atom is 0.249 e. The Hall–Kier alpha value is -1.84. The fourth-order valence-corrected chi connectivity index (χ4v) is 2.97. The highest BCUT2D eigenvalue weighted by Crippen LogP contribution is 2.24. The maximum atomic E-state index is 12.7. The molecule has 4 heteroatoms. The average Bonchev–Trinajstić information content (AvgIpc) is 2.49. The Kier molecular flexibility index (Phi) is 5.45. The van der Waals surface area contributed by atoms with Crippen LogP contribution in [0.5, 0.6) is 0 Å². The molecule has 0 aromatic heterocycles. The highest BCUT2D eigenvalue weighted by atomic mass is 16.2. The summed E-state index contributed by atoms with van der Waals surface area (Å²) < 4.78 is 0. The largest absolute Gasteiger partial charge is 0.329 e. The summed E-state index contributed by atoms with van der Waals surface area (Å²) in [5, 5.41) is 0. The Morgan fingerprint density at radius 3 is 2.26 bits per heavy atom. The van der Waals surface area contributed by atoms with E-state index in [2.05, 4.69) is 26.0 Å². The van der Waals surface area contributed by atoms with E-state index in [0.29, 0.717) is 31.3 Å². The summed E-state index contributed by atoms with van der Waals surface area (Å²) in [6.45, 7) is 11.4. The van der Waals surface area contributed by atoms with Gasteiger partial charge < -0.3 is 9.80 Å². The number of hydrogen-bond donors (Lipinski definition) is 0. The molecule has 126 valence electrons. The van der Waals surface area contributed by atoms with Gasteiger partial charge in [0.2, 0.25) is 11.8 Å². The number of rotatable bonds is 4. The quantitative estimate of drug-likeness (QED) is 0.854. The molecule has 1 aromatic carbocycles. The van der Waals surface area contributed by atoms with E-state index in [4.69, 9.17) is 0 Å². The number of anilines is 1. The van der Waals surface area contributed by atoms with Gasteiger partial charge in [0.1, 0.15) is 6.04 Å². The summed E-state index contributed by atoms with van der Waals surface area (Å²) in [4.78, 5) is 28.5. The fourth-order valence-electron chi connectivity index (χ4n) is 2.97. The molecule has 1 atom stereocenters. The third-order valence-corrected chi connectivity index (χ3v) is 4.43. The second-order valence-electron chi connectivity index (χ2n) is 7.10. The van der Waals surface area contributed by atoms with Crippen molar-refractivity contribution in [3.63, 3.8) is 0 Å². The number of piperazine rings is 1. The van der Waals surface area contributed by atoms with Gasteiger partial charge in [-0.25, -0.2) is 0 Å². The Bertz CT molecular complexity index is 563. The van der Waals surface area contributed by atoms with E-state index in [1.165, 1.54) is 5.56 Å². The van der Waals surface area contributed by atoms with Crippen LogP contribution in [0.25, 0.3) is 0 Å². The molecular weight excluding hydrogens is 288 g/mol. The smallest absolute Gasteiger partial charge is 0.249 e. The minimum absolute atomic E-state index is 0.00523. The minimum atomic E-state index is -0.389. The molecule has 0 saturated carbocycles. The molecule has 1 saturated heterocycles. The molecule has 0 unspecified atom stereocenters. The first-order valence-corrected chi connectivity index (χ1v) is 8.52. The van der Waals surface area contributed by atoms with Gasteiger partial charge in [-0.3, -0.25) is 9.59 Å². The van der Waals surface area contributed by atoms with Gasteiger partial charge in [-0.05, 0) is 36.5 Å². The van der Waals surface area contributed by atoms with Crippen molar-refractivity contribution in [3.8, 4) is 0 Å². The molecule has 2 rings (SSSR count). The zero-order chi connectivity index (χ0) is 17.1. The molecule has 0 bridgehead atoms. The Morgan fingerprint density at radius 1 is 1.13 bits per heavy atom. The van der Waals surface area contributed by atoms with Crippen molar-refractivity contribution in [1.82, 2.24) is 4.90 Å². The number of hydrogen-bond acceptors (Lipinski definition) is 2. The number of nitrogens with zero attached hydrogens (tertiary/aromatic N) is 2. The normalized spacial score (nSPS) is 18.9. The van der Waals surface area contributed by atoms with Crippen LogP contribution in [-0.2, 0) is 9.59 Å². The Labute approximate surface area is 139 Å². The molecule has 2 amide bonds. The van der Waals surface area contributed by atoms with E-state index < -0.39 is 0 Å². The van der Waals surface area contributed by atoms with Crippen LogP contribution in [0.3, 0.4) is 0 Å². The fraction of sp³-hybridized carbons (Fsp3) is 0.579. The summed E-state index contributed by atoms with van der Waals surface area (Å²) >= 11 is 0. The lowest BCUT2D eigenvalue weighted by atomic mass is 10.0. The summed E-state index contributed by atoms with van der Waals surface area (Å²) in [5.74, 6) is 0.872. The number of carbonyl (C=O) groups is 2. The van der Waals surface area contributed by atoms with Crippen LogP contribution >= 0.6 is 0 Å². The van der Waals surface area contributed by atoms with Crippen LogP contribution in [0, 0.1) is 5.92 Å². The molecule has 1 aliphatic heterocycles. The van der Waals surface area contributed by atoms with Crippen LogP contribution in [0.4, 0.5) is 5.69 Å². The zero-order valence-corrected chi connectivity index (χ0v) is 14.9. The summed E-state index contributed by atoms with van der Waals surface area (Å²) in [6.07, 6.45) is 0.501. The first-order valence-electron chi connectivity index (χ1n) is 8.52. The number of benzene rings is 1. The van der Waals surface area contributed by atoms with Crippen LogP contribution in [0.1, 0.15) is 52.5 Å². The van der Waals surface area contributed by atoms with E-state index in [0.717, 1.165) is 5.69 Å². The number of amides is 2. The zero-order valence-electron chi connectivity index (χ0n) is 14.9. The first kappa shape index (κ1) is 17.5. The van der Waals surface area contributed by atoms with Crippen molar-refractivity contribution in [3.05, 3.63) is 29.8 Å². The van der Waals surface area contributed by atoms with Crippen LogP contribution in [0.15, 0.2) is 24.3 Å². The van der Waals surface area contributed by atoms with Gasteiger partial charge in [0, 0.05) is 25.2 Å². The van der Waals surface area contributed by atoms with E-state index in [1.54, 1.807) is 9.80 Å². The molecule has 0 aliphatic carbocycles. The first-order chi connectivity index (χ1) is 10.8. The molecule has 1 heterocycles. The number of carbonyl (C=O) groups excluding carboxylic acids is 2. The molecule has 0 N–H and O–H groups in total. The van der Waals surface area contributed by atoms with Crippen LogP contribution in [0.2, 0.25) is 0 Å². The van der Waals surface area contributed by atoms with Gasteiger partial charge in [0.05, 0.1) is 0 Å². The van der Waals surface area contributed by atoms with Crippen molar-refractivity contribution in [2.75, 3.05) is 18.0 Å². The van der Waals surface area contributed by atoms with Gasteiger partial charge in [-0.15, -0.1) is 0 Å². The lowest BCUT2D eigenvalue weighted by Crippen LogP contribution is -2.57. The highest BCUT2D eigenvalue weighted by Gasteiger charge is 2.34. The van der Waals surface area contributed by atoms with Crippen LogP contribution in [-0.4, -0.2) is 35.8 Å². The van der Waals surface area contributed by atoms with Crippen molar-refractivity contribution in [2.24, 2.45) is 5.92 Å². The molecule has 1 aromatic rings. The van der Waals surface area contributed by atoms with Crippen molar-refractivity contribution < 1.29 is 9.59 Å². The van der Waals surface area contributed by atoms with Gasteiger partial charge in [0.25, 0.3) is 0 Å². The topological polar surface area (TPSA) is 40.6 Å². The van der Waals surface area contributed by atoms with Crippen molar-refractivity contribution >= 4 is 17.5 Å². The molecule has 1 fully saturated rings. The Morgan fingerprint density at radius 2 is 1.74 bits per heavy atom. The molecule has 0 radical (unpaired) electrons. The van der Waals surface area contributed by atoms with E-state index in [1.807, 2.05) is 32.9 Å². The van der Waals surface area contributed by atoms with Crippen LogP contribution < -0.4 is 4.90 Å². The second-order valence-corrected chi connectivity index (χ2v) is 7.10. The summed E-state index contributed by atoms with van der Waals surface area (Å²) in [7, 11) is 0. The van der Waals surface area contributed by atoms with E-state index in [-0.39, 0.29) is 17.9 Å². The monoisotopic (exact) mass is 316 g/mol. The van der Waals surface area contributed by atoms with Gasteiger partial charge in [-0.2, -0.15) is 0 Å².